The van der Waals surface area contributed by atoms with Gasteiger partial charge in [0.15, 0.2) is 5.82 Å². The maximum absolute atomic E-state index is 11.1. The summed E-state index contributed by atoms with van der Waals surface area (Å²) in [4.78, 5) is 21.8. The molecule has 1 atom stereocenters. The molecule has 1 fully saturated rings. The smallest absolute Gasteiger partial charge is 0.217 e. The van der Waals surface area contributed by atoms with Crippen molar-refractivity contribution in [2.75, 3.05) is 24.6 Å². The molecule has 1 aliphatic heterocycles. The molecular weight excluding hydrogens is 280 g/mol. The molecule has 1 amide bonds. The van der Waals surface area contributed by atoms with E-state index in [0.29, 0.717) is 24.2 Å². The van der Waals surface area contributed by atoms with Gasteiger partial charge in [-0.3, -0.25) is 4.79 Å². The highest BCUT2D eigenvalue weighted by Gasteiger charge is 2.24. The number of rotatable bonds is 5. The average Bonchev–Trinajstić information content (AvgIpc) is 2.83. The monoisotopic (exact) mass is 298 g/mol. The molecule has 0 aliphatic carbocycles. The largest absolute Gasteiger partial charge is 0.374 e. The standard InChI is InChI=1S/C13H19ClN4O2/c1-3-20-8-12-16-11(14)6-13(17-12)18-5-4-10(7-18)15-9(2)19/h6,10H,3-5,7-8H2,1-2H3,(H,15,19). The first kappa shape index (κ1) is 15.0. The molecule has 110 valence electrons. The van der Waals surface area contributed by atoms with Crippen LogP contribution in [0.2, 0.25) is 5.15 Å². The molecule has 2 rings (SSSR count). The van der Waals surface area contributed by atoms with Crippen LogP contribution in [0.3, 0.4) is 0 Å². The van der Waals surface area contributed by atoms with Gasteiger partial charge in [-0.1, -0.05) is 11.6 Å². The summed E-state index contributed by atoms with van der Waals surface area (Å²) < 4.78 is 5.31. The topological polar surface area (TPSA) is 67.3 Å². The Hall–Kier alpha value is -1.40. The van der Waals surface area contributed by atoms with Gasteiger partial charge in [-0.05, 0) is 13.3 Å². The highest BCUT2D eigenvalue weighted by molar-refractivity contribution is 6.29. The maximum Gasteiger partial charge on any atom is 0.217 e. The normalized spacial score (nSPS) is 18.4. The van der Waals surface area contributed by atoms with Crippen LogP contribution >= 0.6 is 11.6 Å². The summed E-state index contributed by atoms with van der Waals surface area (Å²) >= 11 is 6.02. The number of nitrogens with zero attached hydrogens (tertiary/aromatic N) is 3. The molecule has 1 unspecified atom stereocenters. The molecule has 1 N–H and O–H groups in total. The quantitative estimate of drug-likeness (QED) is 0.832. The predicted octanol–water partition coefficient (Wildman–Crippen LogP) is 1.38. The Morgan fingerprint density at radius 2 is 2.40 bits per heavy atom. The molecule has 1 saturated heterocycles. The molecule has 0 bridgehead atoms. The fourth-order valence-electron chi connectivity index (χ4n) is 2.25. The summed E-state index contributed by atoms with van der Waals surface area (Å²) in [6.45, 7) is 5.99. The molecule has 0 saturated carbocycles. The SMILES string of the molecule is CCOCc1nc(Cl)cc(N2CCC(NC(C)=O)C2)n1. The highest BCUT2D eigenvalue weighted by atomic mass is 35.5. The fraction of sp³-hybridized carbons (Fsp3) is 0.615. The number of ether oxygens (including phenoxy) is 1. The number of carbonyl (C=O) groups excluding carboxylic acids is 1. The van der Waals surface area contributed by atoms with Crippen LogP contribution < -0.4 is 10.2 Å². The summed E-state index contributed by atoms with van der Waals surface area (Å²) in [6, 6.07) is 1.91. The molecule has 20 heavy (non-hydrogen) atoms. The lowest BCUT2D eigenvalue weighted by molar-refractivity contribution is -0.119. The third-order valence-electron chi connectivity index (χ3n) is 3.08. The minimum atomic E-state index is -0.00500. The third kappa shape index (κ3) is 4.05. The Morgan fingerprint density at radius 1 is 1.60 bits per heavy atom. The maximum atomic E-state index is 11.1. The van der Waals surface area contributed by atoms with E-state index in [1.807, 2.05) is 6.92 Å². The minimum absolute atomic E-state index is 0.00500. The van der Waals surface area contributed by atoms with Gasteiger partial charge in [0.2, 0.25) is 5.91 Å². The van der Waals surface area contributed by atoms with Gasteiger partial charge in [0.25, 0.3) is 0 Å². The van der Waals surface area contributed by atoms with E-state index in [9.17, 15) is 4.79 Å². The molecule has 1 aromatic rings. The molecule has 2 heterocycles. The van der Waals surface area contributed by atoms with Crippen LogP contribution in [0.15, 0.2) is 6.07 Å². The van der Waals surface area contributed by atoms with Crippen LogP contribution in [-0.4, -0.2) is 41.6 Å². The number of hydrogen-bond acceptors (Lipinski definition) is 5. The van der Waals surface area contributed by atoms with Gasteiger partial charge in [0, 0.05) is 38.7 Å². The van der Waals surface area contributed by atoms with E-state index >= 15 is 0 Å². The van der Waals surface area contributed by atoms with Crippen LogP contribution in [-0.2, 0) is 16.1 Å². The summed E-state index contributed by atoms with van der Waals surface area (Å²) in [7, 11) is 0. The van der Waals surface area contributed by atoms with Crippen LogP contribution in [0.1, 0.15) is 26.1 Å². The number of amides is 1. The Bertz CT molecular complexity index is 483. The zero-order valence-corrected chi connectivity index (χ0v) is 12.5. The Morgan fingerprint density at radius 3 is 3.10 bits per heavy atom. The molecule has 6 nitrogen and oxygen atoms in total. The molecule has 1 aliphatic rings. The van der Waals surface area contributed by atoms with Crippen molar-refractivity contribution in [1.29, 1.82) is 0 Å². The van der Waals surface area contributed by atoms with E-state index in [2.05, 4.69) is 20.2 Å². The van der Waals surface area contributed by atoms with Crippen molar-refractivity contribution >= 4 is 23.3 Å². The summed E-state index contributed by atoms with van der Waals surface area (Å²) in [5, 5.41) is 3.33. The van der Waals surface area contributed by atoms with E-state index in [-0.39, 0.29) is 11.9 Å². The Kier molecular flexibility index (Phi) is 5.14. The van der Waals surface area contributed by atoms with Crippen LogP contribution in [0, 0.1) is 0 Å². The average molecular weight is 299 g/mol. The first-order valence-electron chi connectivity index (χ1n) is 6.71. The molecule has 7 heteroatoms. The second kappa shape index (κ2) is 6.85. The van der Waals surface area contributed by atoms with E-state index in [0.717, 1.165) is 25.3 Å². The van der Waals surface area contributed by atoms with Crippen molar-refractivity contribution in [1.82, 2.24) is 15.3 Å². The zero-order valence-electron chi connectivity index (χ0n) is 11.7. The number of halogens is 1. The zero-order chi connectivity index (χ0) is 14.5. The second-order valence-corrected chi connectivity index (χ2v) is 5.12. The van der Waals surface area contributed by atoms with Crippen LogP contribution in [0.25, 0.3) is 0 Å². The number of hydrogen-bond donors (Lipinski definition) is 1. The first-order chi connectivity index (χ1) is 9.58. The van der Waals surface area contributed by atoms with E-state index < -0.39 is 0 Å². The van der Waals surface area contributed by atoms with Gasteiger partial charge in [0.05, 0.1) is 0 Å². The van der Waals surface area contributed by atoms with E-state index in [1.165, 1.54) is 6.92 Å². The minimum Gasteiger partial charge on any atom is -0.374 e. The lowest BCUT2D eigenvalue weighted by Crippen LogP contribution is -2.35. The van der Waals surface area contributed by atoms with Crippen molar-refractivity contribution in [3.8, 4) is 0 Å². The number of anilines is 1. The Labute approximate surface area is 123 Å². The summed E-state index contributed by atoms with van der Waals surface area (Å²) in [5.74, 6) is 1.36. The molecule has 0 radical (unpaired) electrons. The lowest BCUT2D eigenvalue weighted by atomic mass is 10.3. The van der Waals surface area contributed by atoms with Gasteiger partial charge >= 0.3 is 0 Å². The van der Waals surface area contributed by atoms with Crippen molar-refractivity contribution in [3.05, 3.63) is 17.0 Å². The molecule has 0 spiro atoms. The van der Waals surface area contributed by atoms with Gasteiger partial charge in [-0.25, -0.2) is 9.97 Å². The van der Waals surface area contributed by atoms with Gasteiger partial charge in [-0.2, -0.15) is 0 Å². The van der Waals surface area contributed by atoms with Gasteiger partial charge in [-0.15, -0.1) is 0 Å². The van der Waals surface area contributed by atoms with Crippen LogP contribution in [0.4, 0.5) is 5.82 Å². The van der Waals surface area contributed by atoms with Crippen molar-refractivity contribution in [3.63, 3.8) is 0 Å². The highest BCUT2D eigenvalue weighted by Crippen LogP contribution is 2.21. The summed E-state index contributed by atoms with van der Waals surface area (Å²) in [6.07, 6.45) is 0.905. The van der Waals surface area contributed by atoms with E-state index in [1.54, 1.807) is 6.07 Å². The Balaban J connectivity index is 2.05. The third-order valence-corrected chi connectivity index (χ3v) is 3.28. The number of nitrogens with one attached hydrogen (secondary N) is 1. The van der Waals surface area contributed by atoms with Crippen molar-refractivity contribution in [2.45, 2.75) is 32.9 Å². The number of carbonyl (C=O) groups is 1. The van der Waals surface area contributed by atoms with Gasteiger partial charge in [0.1, 0.15) is 17.6 Å². The summed E-state index contributed by atoms with van der Waals surface area (Å²) in [5.41, 5.74) is 0. The lowest BCUT2D eigenvalue weighted by Gasteiger charge is -2.18. The molecule has 1 aromatic heterocycles. The molecular formula is C13H19ClN4O2. The second-order valence-electron chi connectivity index (χ2n) is 4.73. The first-order valence-corrected chi connectivity index (χ1v) is 7.09. The fourth-order valence-corrected chi connectivity index (χ4v) is 2.44. The van der Waals surface area contributed by atoms with E-state index in [4.69, 9.17) is 16.3 Å². The predicted molar refractivity (Wildman–Crippen MR) is 76.8 cm³/mol. The molecule has 0 aromatic carbocycles. The van der Waals surface area contributed by atoms with Crippen LogP contribution in [0.5, 0.6) is 0 Å². The van der Waals surface area contributed by atoms with Crippen molar-refractivity contribution in [2.24, 2.45) is 0 Å². The van der Waals surface area contributed by atoms with Crippen molar-refractivity contribution < 1.29 is 9.53 Å². The number of aromatic nitrogens is 2. The van der Waals surface area contributed by atoms with Gasteiger partial charge < -0.3 is 15.0 Å².